The molecule has 0 atom stereocenters. The normalized spacial score (nSPS) is 12.0. The zero-order valence-electron chi connectivity index (χ0n) is 16.6. The van der Waals surface area contributed by atoms with Crippen molar-refractivity contribution in [1.29, 1.82) is 0 Å². The minimum Gasteiger partial charge on any atom is -0.366 e. The summed E-state index contributed by atoms with van der Waals surface area (Å²) in [6.45, 7) is 0.202. The molecule has 0 spiro atoms. The number of halogens is 3. The summed E-state index contributed by atoms with van der Waals surface area (Å²) in [5, 5.41) is 3.34. The molecule has 0 aliphatic carbocycles. The van der Waals surface area contributed by atoms with Gasteiger partial charge < -0.3 is 10.3 Å². The van der Waals surface area contributed by atoms with E-state index in [9.17, 15) is 18.0 Å². The number of nitrogens with zero attached hydrogens (tertiary/aromatic N) is 1. The molecule has 3 aromatic carbocycles. The standard InChI is InChI=1S/C25H16F3N2OS/c26-25(27,28)17-5-1-4-15(12-17)14-30-20-7-2-6-19(24(29)31)23(20)18-10-9-16(13-21(18)30)22-8-3-11-32-22/h1-9,11-13H,14H2,(H2,29,31). The predicted octanol–water partition coefficient (Wildman–Crippen LogP) is 6.49. The molecule has 2 N–H and O–H groups in total. The Morgan fingerprint density at radius 1 is 1.03 bits per heavy atom. The molecule has 5 rings (SSSR count). The van der Waals surface area contributed by atoms with Crippen LogP contribution in [0.25, 0.3) is 32.2 Å². The zero-order chi connectivity index (χ0) is 22.5. The van der Waals surface area contributed by atoms with Crippen LogP contribution in [-0.2, 0) is 12.7 Å². The summed E-state index contributed by atoms with van der Waals surface area (Å²) in [5.74, 6) is -0.565. The second-order valence-electron chi connectivity index (χ2n) is 7.47. The van der Waals surface area contributed by atoms with Crippen LogP contribution >= 0.6 is 11.3 Å². The average molecular weight is 449 g/mol. The predicted molar refractivity (Wildman–Crippen MR) is 121 cm³/mol. The van der Waals surface area contributed by atoms with Crippen molar-refractivity contribution in [1.82, 2.24) is 4.57 Å². The molecule has 0 saturated heterocycles. The Morgan fingerprint density at radius 2 is 1.84 bits per heavy atom. The average Bonchev–Trinajstić information content (AvgIpc) is 3.40. The summed E-state index contributed by atoms with van der Waals surface area (Å²) in [7, 11) is 0. The van der Waals surface area contributed by atoms with Gasteiger partial charge in [0.15, 0.2) is 0 Å². The third kappa shape index (κ3) is 3.44. The van der Waals surface area contributed by atoms with Crippen LogP contribution in [0.5, 0.6) is 0 Å². The minimum absolute atomic E-state index is 0.202. The number of aromatic nitrogens is 1. The molecule has 2 heterocycles. The van der Waals surface area contributed by atoms with Crippen LogP contribution in [0.3, 0.4) is 0 Å². The van der Waals surface area contributed by atoms with Crippen molar-refractivity contribution in [3.63, 3.8) is 0 Å². The maximum atomic E-state index is 13.2. The number of alkyl halides is 3. The molecule has 5 aromatic rings. The number of rotatable bonds is 4. The fourth-order valence-electron chi connectivity index (χ4n) is 4.05. The first-order valence-electron chi connectivity index (χ1n) is 9.79. The fourth-order valence-corrected chi connectivity index (χ4v) is 4.76. The molecular weight excluding hydrogens is 433 g/mol. The Morgan fingerprint density at radius 3 is 2.56 bits per heavy atom. The Hall–Kier alpha value is -3.58. The number of thiophene rings is 1. The van der Waals surface area contributed by atoms with Gasteiger partial charge in [0.1, 0.15) is 0 Å². The smallest absolute Gasteiger partial charge is 0.366 e. The van der Waals surface area contributed by atoms with E-state index in [2.05, 4.69) is 6.07 Å². The van der Waals surface area contributed by atoms with E-state index in [-0.39, 0.29) is 6.54 Å². The minimum atomic E-state index is -4.42. The Labute approximate surface area is 185 Å². The number of carbonyl (C=O) groups excluding carboxylic acids is 1. The van der Waals surface area contributed by atoms with Gasteiger partial charge in [0.05, 0.1) is 16.6 Å². The molecule has 159 valence electrons. The largest absolute Gasteiger partial charge is 0.416 e. The van der Waals surface area contributed by atoms with Crippen molar-refractivity contribution in [2.45, 2.75) is 12.7 Å². The number of carbonyl (C=O) groups is 1. The van der Waals surface area contributed by atoms with Gasteiger partial charge in [-0.3, -0.25) is 4.79 Å². The van der Waals surface area contributed by atoms with Gasteiger partial charge in [0.2, 0.25) is 5.91 Å². The molecule has 0 fully saturated rings. The van der Waals surface area contributed by atoms with E-state index in [1.54, 1.807) is 29.5 Å². The first kappa shape index (κ1) is 20.3. The molecule has 0 bridgehead atoms. The van der Waals surface area contributed by atoms with Gasteiger partial charge in [0.25, 0.3) is 0 Å². The molecule has 2 aromatic heterocycles. The van der Waals surface area contributed by atoms with Crippen molar-refractivity contribution in [3.8, 4) is 10.4 Å². The van der Waals surface area contributed by atoms with Crippen LogP contribution < -0.4 is 5.73 Å². The van der Waals surface area contributed by atoms with Crippen molar-refractivity contribution >= 4 is 39.0 Å². The molecule has 7 heteroatoms. The number of amides is 1. The third-order valence-corrected chi connectivity index (χ3v) is 6.38. The topological polar surface area (TPSA) is 48.0 Å². The molecule has 0 aliphatic heterocycles. The Balaban J connectivity index is 1.77. The van der Waals surface area contributed by atoms with Crippen molar-refractivity contribution in [2.24, 2.45) is 5.73 Å². The van der Waals surface area contributed by atoms with E-state index in [0.29, 0.717) is 27.4 Å². The van der Waals surface area contributed by atoms with Crippen LogP contribution in [0.2, 0.25) is 0 Å². The molecular formula is C25H16F3N2OS. The van der Waals surface area contributed by atoms with E-state index in [1.165, 1.54) is 6.07 Å². The summed E-state index contributed by atoms with van der Waals surface area (Å²) in [6.07, 6.45) is -4.42. The van der Waals surface area contributed by atoms with Gasteiger partial charge in [-0.15, -0.1) is 11.3 Å². The highest BCUT2D eigenvalue weighted by Gasteiger charge is 2.30. The SMILES string of the molecule is NC(=O)c1cccc2c1c1[c]cc(-c3cccs3)cc1n2Cc1cccc(C(F)(F)F)c1. The summed E-state index contributed by atoms with van der Waals surface area (Å²) in [5.41, 5.74) is 8.22. The molecule has 32 heavy (non-hydrogen) atoms. The van der Waals surface area contributed by atoms with E-state index in [4.69, 9.17) is 5.73 Å². The highest BCUT2D eigenvalue weighted by atomic mass is 32.1. The third-order valence-electron chi connectivity index (χ3n) is 5.46. The summed E-state index contributed by atoms with van der Waals surface area (Å²) in [6, 6.07) is 21.6. The number of benzene rings is 3. The second kappa shape index (κ2) is 7.53. The first-order chi connectivity index (χ1) is 15.3. The number of fused-ring (bicyclic) bond motifs is 3. The summed E-state index contributed by atoms with van der Waals surface area (Å²) in [4.78, 5) is 13.2. The van der Waals surface area contributed by atoms with Crippen molar-refractivity contribution in [3.05, 3.63) is 94.9 Å². The maximum Gasteiger partial charge on any atom is 0.416 e. The lowest BCUT2D eigenvalue weighted by atomic mass is 10.0. The van der Waals surface area contributed by atoms with Crippen LogP contribution in [0.4, 0.5) is 13.2 Å². The molecule has 1 amide bonds. The highest BCUT2D eigenvalue weighted by molar-refractivity contribution is 7.13. The van der Waals surface area contributed by atoms with E-state index >= 15 is 0 Å². The van der Waals surface area contributed by atoms with Crippen LogP contribution in [0, 0.1) is 6.07 Å². The first-order valence-corrected chi connectivity index (χ1v) is 10.7. The maximum absolute atomic E-state index is 13.2. The number of primary amides is 1. The Bertz CT molecular complexity index is 1470. The zero-order valence-corrected chi connectivity index (χ0v) is 17.4. The van der Waals surface area contributed by atoms with Crippen LogP contribution in [-0.4, -0.2) is 10.5 Å². The van der Waals surface area contributed by atoms with Gasteiger partial charge in [-0.2, -0.15) is 13.2 Å². The van der Waals surface area contributed by atoms with Gasteiger partial charge in [-0.1, -0.05) is 24.3 Å². The van der Waals surface area contributed by atoms with Gasteiger partial charge in [-0.25, -0.2) is 0 Å². The molecule has 3 nitrogen and oxygen atoms in total. The quantitative estimate of drug-likeness (QED) is 0.335. The summed E-state index contributed by atoms with van der Waals surface area (Å²) < 4.78 is 41.6. The highest BCUT2D eigenvalue weighted by Crippen LogP contribution is 2.36. The van der Waals surface area contributed by atoms with E-state index in [1.807, 2.05) is 40.3 Å². The van der Waals surface area contributed by atoms with E-state index in [0.717, 1.165) is 28.1 Å². The lowest BCUT2D eigenvalue weighted by Gasteiger charge is -2.12. The molecule has 0 aliphatic rings. The van der Waals surface area contributed by atoms with Crippen molar-refractivity contribution in [2.75, 3.05) is 0 Å². The number of hydrogen-bond donors (Lipinski definition) is 1. The monoisotopic (exact) mass is 449 g/mol. The van der Waals surface area contributed by atoms with Crippen LogP contribution in [0.15, 0.2) is 72.1 Å². The molecule has 0 unspecified atom stereocenters. The lowest BCUT2D eigenvalue weighted by molar-refractivity contribution is -0.137. The lowest BCUT2D eigenvalue weighted by Crippen LogP contribution is -2.11. The van der Waals surface area contributed by atoms with Crippen molar-refractivity contribution < 1.29 is 18.0 Å². The second-order valence-corrected chi connectivity index (χ2v) is 8.42. The number of nitrogens with two attached hydrogens (primary N) is 1. The molecule has 1 radical (unpaired) electrons. The van der Waals surface area contributed by atoms with Crippen LogP contribution in [0.1, 0.15) is 21.5 Å². The van der Waals surface area contributed by atoms with E-state index < -0.39 is 17.6 Å². The Kier molecular flexibility index (Phi) is 4.78. The number of hydrogen-bond acceptors (Lipinski definition) is 2. The van der Waals surface area contributed by atoms with Gasteiger partial charge in [-0.05, 0) is 65.0 Å². The summed E-state index contributed by atoms with van der Waals surface area (Å²) >= 11 is 1.59. The molecule has 0 saturated carbocycles. The van der Waals surface area contributed by atoms with Gasteiger partial charge >= 0.3 is 6.18 Å². The fraction of sp³-hybridized carbons (Fsp3) is 0.0800. The van der Waals surface area contributed by atoms with Gasteiger partial charge in [0, 0.05) is 27.8 Å².